The molecule has 1 N–H and O–H groups in total. The standard InChI is InChI=1S/C13H15IN2O2/c1-3-11-12(17)15-8(2)13(18)16(11)10-6-4-5-9(14)7-10/h4-8,11H,3H2,1-2H3,(H,15,17). The molecule has 18 heavy (non-hydrogen) atoms. The van der Waals surface area contributed by atoms with Crippen molar-refractivity contribution in [1.29, 1.82) is 0 Å². The fourth-order valence-electron chi connectivity index (χ4n) is 2.15. The van der Waals surface area contributed by atoms with Gasteiger partial charge in [-0.2, -0.15) is 0 Å². The molecule has 1 saturated heterocycles. The first-order valence-electron chi connectivity index (χ1n) is 5.93. The molecule has 1 aromatic rings. The van der Waals surface area contributed by atoms with Crippen LogP contribution in [0, 0.1) is 3.57 Å². The summed E-state index contributed by atoms with van der Waals surface area (Å²) >= 11 is 2.20. The molecule has 0 radical (unpaired) electrons. The van der Waals surface area contributed by atoms with Gasteiger partial charge in [-0.15, -0.1) is 0 Å². The molecule has 1 heterocycles. The Balaban J connectivity index is 2.43. The van der Waals surface area contributed by atoms with Gasteiger partial charge < -0.3 is 5.32 Å². The summed E-state index contributed by atoms with van der Waals surface area (Å²) in [6.07, 6.45) is 0.607. The molecule has 0 aromatic heterocycles. The first kappa shape index (κ1) is 13.3. The SMILES string of the molecule is CCC1C(=O)NC(C)C(=O)N1c1cccc(I)c1. The summed E-state index contributed by atoms with van der Waals surface area (Å²) in [6, 6.07) is 6.78. The number of nitrogens with one attached hydrogen (secondary N) is 1. The van der Waals surface area contributed by atoms with Crippen molar-refractivity contribution < 1.29 is 9.59 Å². The van der Waals surface area contributed by atoms with Crippen molar-refractivity contribution in [2.24, 2.45) is 0 Å². The Morgan fingerprint density at radius 3 is 2.72 bits per heavy atom. The predicted molar refractivity (Wildman–Crippen MR) is 78.3 cm³/mol. The zero-order valence-corrected chi connectivity index (χ0v) is 12.5. The molecule has 96 valence electrons. The van der Waals surface area contributed by atoms with Gasteiger partial charge in [-0.3, -0.25) is 14.5 Å². The summed E-state index contributed by atoms with van der Waals surface area (Å²) in [4.78, 5) is 25.8. The Kier molecular flexibility index (Phi) is 3.89. The zero-order chi connectivity index (χ0) is 13.3. The molecule has 1 aromatic carbocycles. The highest BCUT2D eigenvalue weighted by Crippen LogP contribution is 2.24. The average molecular weight is 358 g/mol. The van der Waals surface area contributed by atoms with E-state index in [1.807, 2.05) is 31.2 Å². The van der Waals surface area contributed by atoms with E-state index in [4.69, 9.17) is 0 Å². The van der Waals surface area contributed by atoms with Crippen LogP contribution in [-0.4, -0.2) is 23.9 Å². The van der Waals surface area contributed by atoms with Crippen LogP contribution in [0.1, 0.15) is 20.3 Å². The van der Waals surface area contributed by atoms with E-state index in [0.29, 0.717) is 6.42 Å². The number of hydrogen-bond donors (Lipinski definition) is 1. The first-order chi connectivity index (χ1) is 8.54. The number of carbonyl (C=O) groups excluding carboxylic acids is 2. The summed E-state index contributed by atoms with van der Waals surface area (Å²) in [5.41, 5.74) is 0.792. The second-order valence-electron chi connectivity index (χ2n) is 4.34. The Labute approximate surface area is 120 Å². The minimum atomic E-state index is -0.460. The van der Waals surface area contributed by atoms with E-state index < -0.39 is 12.1 Å². The lowest BCUT2D eigenvalue weighted by atomic mass is 10.0. The van der Waals surface area contributed by atoms with Crippen molar-refractivity contribution in [3.63, 3.8) is 0 Å². The number of hydrogen-bond acceptors (Lipinski definition) is 2. The Morgan fingerprint density at radius 2 is 2.11 bits per heavy atom. The lowest BCUT2D eigenvalue weighted by Crippen LogP contribution is -2.62. The van der Waals surface area contributed by atoms with Crippen LogP contribution >= 0.6 is 22.6 Å². The van der Waals surface area contributed by atoms with Crippen LogP contribution in [0.5, 0.6) is 0 Å². The molecule has 1 fully saturated rings. The summed E-state index contributed by atoms with van der Waals surface area (Å²) in [6.45, 7) is 3.63. The molecule has 0 spiro atoms. The molecule has 2 atom stereocenters. The Morgan fingerprint density at radius 1 is 1.39 bits per heavy atom. The number of halogens is 1. The number of nitrogens with zero attached hydrogens (tertiary/aromatic N) is 1. The number of benzene rings is 1. The van der Waals surface area contributed by atoms with Gasteiger partial charge in [0.1, 0.15) is 12.1 Å². The molecule has 4 nitrogen and oxygen atoms in total. The average Bonchev–Trinajstić information content (AvgIpc) is 2.33. The highest BCUT2D eigenvalue weighted by Gasteiger charge is 2.38. The van der Waals surface area contributed by atoms with Crippen LogP contribution in [0.4, 0.5) is 5.69 Å². The fraction of sp³-hybridized carbons (Fsp3) is 0.385. The van der Waals surface area contributed by atoms with Gasteiger partial charge in [0.2, 0.25) is 11.8 Å². The van der Waals surface area contributed by atoms with Crippen molar-refractivity contribution in [1.82, 2.24) is 5.32 Å². The van der Waals surface area contributed by atoms with Gasteiger partial charge in [0.25, 0.3) is 0 Å². The lowest BCUT2D eigenvalue weighted by molar-refractivity contribution is -0.133. The van der Waals surface area contributed by atoms with Crippen LogP contribution in [0.2, 0.25) is 0 Å². The monoisotopic (exact) mass is 358 g/mol. The number of carbonyl (C=O) groups is 2. The van der Waals surface area contributed by atoms with Crippen LogP contribution in [0.3, 0.4) is 0 Å². The van der Waals surface area contributed by atoms with Gasteiger partial charge in [-0.05, 0) is 54.1 Å². The molecule has 0 saturated carbocycles. The largest absolute Gasteiger partial charge is 0.343 e. The van der Waals surface area contributed by atoms with Crippen molar-refractivity contribution in [3.8, 4) is 0 Å². The van der Waals surface area contributed by atoms with Crippen LogP contribution in [-0.2, 0) is 9.59 Å². The molecule has 2 amide bonds. The second-order valence-corrected chi connectivity index (χ2v) is 5.59. The van der Waals surface area contributed by atoms with Gasteiger partial charge in [0.05, 0.1) is 0 Å². The third-order valence-electron chi connectivity index (χ3n) is 3.05. The third kappa shape index (κ3) is 2.36. The molecule has 2 unspecified atom stereocenters. The molecular formula is C13H15IN2O2. The topological polar surface area (TPSA) is 49.4 Å². The van der Waals surface area contributed by atoms with Gasteiger partial charge in [-0.25, -0.2) is 0 Å². The maximum atomic E-state index is 12.3. The van der Waals surface area contributed by atoms with Gasteiger partial charge in [0.15, 0.2) is 0 Å². The molecule has 0 aliphatic carbocycles. The van der Waals surface area contributed by atoms with Crippen molar-refractivity contribution in [2.45, 2.75) is 32.4 Å². The molecular weight excluding hydrogens is 343 g/mol. The van der Waals surface area contributed by atoms with E-state index >= 15 is 0 Å². The van der Waals surface area contributed by atoms with E-state index in [9.17, 15) is 9.59 Å². The Hall–Kier alpha value is -1.11. The summed E-state index contributed by atoms with van der Waals surface area (Å²) < 4.78 is 1.05. The van der Waals surface area contributed by atoms with Crippen molar-refractivity contribution in [3.05, 3.63) is 27.8 Å². The van der Waals surface area contributed by atoms with Gasteiger partial charge >= 0.3 is 0 Å². The molecule has 2 rings (SSSR count). The van der Waals surface area contributed by atoms with Crippen LogP contribution < -0.4 is 10.2 Å². The normalized spacial score (nSPS) is 24.1. The minimum absolute atomic E-state index is 0.0524. The second kappa shape index (κ2) is 5.26. The summed E-state index contributed by atoms with van der Waals surface area (Å²) in [7, 11) is 0. The third-order valence-corrected chi connectivity index (χ3v) is 3.73. The molecule has 5 heteroatoms. The highest BCUT2D eigenvalue weighted by molar-refractivity contribution is 14.1. The quantitative estimate of drug-likeness (QED) is 0.822. The van der Waals surface area contributed by atoms with Crippen molar-refractivity contribution in [2.75, 3.05) is 4.90 Å². The minimum Gasteiger partial charge on any atom is -0.343 e. The fourth-order valence-corrected chi connectivity index (χ4v) is 2.68. The van der Waals surface area contributed by atoms with Crippen LogP contribution in [0.15, 0.2) is 24.3 Å². The van der Waals surface area contributed by atoms with Crippen LogP contribution in [0.25, 0.3) is 0 Å². The van der Waals surface area contributed by atoms with Gasteiger partial charge in [-0.1, -0.05) is 13.0 Å². The molecule has 0 bridgehead atoms. The zero-order valence-electron chi connectivity index (χ0n) is 10.3. The van der Waals surface area contributed by atoms with E-state index in [-0.39, 0.29) is 11.8 Å². The number of anilines is 1. The van der Waals surface area contributed by atoms with E-state index in [1.165, 1.54) is 0 Å². The van der Waals surface area contributed by atoms with E-state index in [0.717, 1.165) is 9.26 Å². The summed E-state index contributed by atoms with van der Waals surface area (Å²) in [5.74, 6) is -0.132. The first-order valence-corrected chi connectivity index (χ1v) is 7.01. The smallest absolute Gasteiger partial charge is 0.250 e. The van der Waals surface area contributed by atoms with Crippen molar-refractivity contribution >= 4 is 40.1 Å². The van der Waals surface area contributed by atoms with E-state index in [2.05, 4.69) is 27.9 Å². The van der Waals surface area contributed by atoms with Gasteiger partial charge in [0, 0.05) is 9.26 Å². The molecule has 1 aliphatic rings. The summed E-state index contributed by atoms with van der Waals surface area (Å²) in [5, 5.41) is 2.71. The molecule has 1 aliphatic heterocycles. The highest BCUT2D eigenvalue weighted by atomic mass is 127. The lowest BCUT2D eigenvalue weighted by Gasteiger charge is -2.37. The number of piperazine rings is 1. The maximum Gasteiger partial charge on any atom is 0.250 e. The predicted octanol–water partition coefficient (Wildman–Crippen LogP) is 1.92. The Bertz CT molecular complexity index is 490. The number of rotatable bonds is 2. The maximum absolute atomic E-state index is 12.3. The van der Waals surface area contributed by atoms with E-state index in [1.54, 1.807) is 11.8 Å². The number of amides is 2.